The minimum atomic E-state index is 0. The summed E-state index contributed by atoms with van der Waals surface area (Å²) in [6, 6.07) is 0. The van der Waals surface area contributed by atoms with Gasteiger partial charge in [0.1, 0.15) is 0 Å². The minimum absolute atomic E-state index is 0. The van der Waals surface area contributed by atoms with Gasteiger partial charge in [0.25, 0.3) is 0 Å². The molecule has 0 bridgehead atoms. The second-order valence-electron chi connectivity index (χ2n) is 0.964. The topological polar surface area (TPSA) is 24.1 Å². The van der Waals surface area contributed by atoms with Gasteiger partial charge in [-0.25, -0.2) is 0 Å². The standard InChI is InChI=1S/2CH3NS2.Cu.2Zn/c2*2-1(3)4;;;/h2*(H3,2,3,4);;;/q;;;2*+1/p-2. The molecule has 1 radical (unpaired) electrons. The first-order valence-corrected chi connectivity index (χ1v) is 6.74. The number of nitrogens with one attached hydrogen (secondary N) is 2. The van der Waals surface area contributed by atoms with Crippen molar-refractivity contribution in [1.82, 2.24) is 8.12 Å². The predicted molar refractivity (Wildman–Crippen MR) is 49.4 cm³/mol. The van der Waals surface area contributed by atoms with E-state index in [0.29, 0.717) is 8.64 Å². The first-order valence-electron chi connectivity index (χ1n) is 2.06. The molecule has 0 aromatic carbocycles. The summed E-state index contributed by atoms with van der Waals surface area (Å²) in [5.41, 5.74) is 0. The number of hydrogen-bond acceptors (Lipinski definition) is 2. The summed E-state index contributed by atoms with van der Waals surface area (Å²) in [6.45, 7) is 0. The van der Waals surface area contributed by atoms with E-state index in [9.17, 15) is 0 Å². The van der Waals surface area contributed by atoms with Crippen LogP contribution in [0.15, 0.2) is 0 Å². The van der Waals surface area contributed by atoms with E-state index in [1.54, 1.807) is 0 Å². The molecule has 0 fully saturated rings. The third kappa shape index (κ3) is 33.0. The molecule has 0 amide bonds. The van der Waals surface area contributed by atoms with E-state index in [-0.39, 0.29) is 17.1 Å². The van der Waals surface area contributed by atoms with Gasteiger partial charge in [0.05, 0.1) is 0 Å². The fraction of sp³-hybridized carbons (Fsp3) is 0. The summed E-state index contributed by atoms with van der Waals surface area (Å²) in [7, 11) is 0. The van der Waals surface area contributed by atoms with Gasteiger partial charge < -0.3 is 0 Å². The number of thiol groups is 2. The molecule has 0 rings (SSSR count). The zero-order valence-corrected chi connectivity index (χ0v) is 15.7. The molecule has 11 heavy (non-hydrogen) atoms. The Labute approximate surface area is 119 Å². The molecule has 0 aliphatic carbocycles. The van der Waals surface area contributed by atoms with E-state index in [0.717, 1.165) is 37.1 Å². The van der Waals surface area contributed by atoms with Gasteiger partial charge in [-0.1, -0.05) is 0 Å². The molecular weight excluding hydrogens is 375 g/mol. The molecular formula is C2H4CuN2S4Zn2. The largest absolute Gasteiger partial charge is 0 e. The fourth-order valence-electron chi connectivity index (χ4n) is 0. The van der Waals surface area contributed by atoms with Gasteiger partial charge in [-0.15, -0.1) is 0 Å². The van der Waals surface area contributed by atoms with Crippen LogP contribution in [-0.4, -0.2) is 8.64 Å². The third-order valence-corrected chi connectivity index (χ3v) is 4.71. The molecule has 0 aromatic rings. The molecule has 61 valence electrons. The molecule has 0 atom stereocenters. The summed E-state index contributed by atoms with van der Waals surface area (Å²) < 4.78 is 6.67. The molecule has 0 heterocycles. The second-order valence-corrected chi connectivity index (χ2v) is 4.76. The number of thiocarbonyl (C=S) groups is 2. The van der Waals surface area contributed by atoms with Crippen LogP contribution < -0.4 is 8.12 Å². The van der Waals surface area contributed by atoms with Gasteiger partial charge in [0, 0.05) is 17.1 Å². The maximum Gasteiger partial charge on any atom is 0 e. The van der Waals surface area contributed by atoms with Crippen LogP contribution in [0.1, 0.15) is 0 Å². The van der Waals surface area contributed by atoms with Crippen molar-refractivity contribution in [2.75, 3.05) is 0 Å². The smallest absolute Gasteiger partial charge is 0 e. The van der Waals surface area contributed by atoms with Gasteiger partial charge in [-0.05, 0) is 0 Å². The summed E-state index contributed by atoms with van der Waals surface area (Å²) in [6.07, 6.45) is 0. The van der Waals surface area contributed by atoms with Crippen molar-refractivity contribution in [3.05, 3.63) is 0 Å². The molecule has 2 N–H and O–H groups in total. The Balaban J connectivity index is -0.000000107. The Hall–Kier alpha value is 2.25. The first-order chi connectivity index (χ1) is 4.54. The fourth-order valence-corrected chi connectivity index (χ4v) is 0. The number of rotatable bonds is 0. The Morgan fingerprint density at radius 2 is 1.09 bits per heavy atom. The van der Waals surface area contributed by atoms with Crippen molar-refractivity contribution >= 4 is 58.3 Å². The van der Waals surface area contributed by atoms with E-state index >= 15 is 0 Å². The van der Waals surface area contributed by atoms with Crippen LogP contribution in [0.25, 0.3) is 0 Å². The van der Waals surface area contributed by atoms with Gasteiger partial charge in [-0.3, -0.25) is 0 Å². The Morgan fingerprint density at radius 1 is 1.00 bits per heavy atom. The van der Waals surface area contributed by atoms with Crippen LogP contribution in [0, 0.1) is 0 Å². The summed E-state index contributed by atoms with van der Waals surface area (Å²) in [4.78, 5) is 0. The third-order valence-electron chi connectivity index (χ3n) is 0.302. The second kappa shape index (κ2) is 14.8. The van der Waals surface area contributed by atoms with Crippen LogP contribution in [0.4, 0.5) is 0 Å². The molecule has 0 saturated heterocycles. The van der Waals surface area contributed by atoms with E-state index in [2.05, 4.69) is 57.8 Å². The average molecular weight is 379 g/mol. The summed E-state index contributed by atoms with van der Waals surface area (Å²) >= 11 is 18.4. The molecule has 0 spiro atoms. The quantitative estimate of drug-likeness (QED) is 0.280. The summed E-state index contributed by atoms with van der Waals surface area (Å²) in [5, 5.41) is 0. The van der Waals surface area contributed by atoms with E-state index in [4.69, 9.17) is 0 Å². The van der Waals surface area contributed by atoms with Crippen LogP contribution in [-0.2, 0) is 54.1 Å². The molecule has 0 saturated carbocycles. The molecule has 0 aromatic heterocycles. The SMILES string of the molecule is S=C(S)[NH][Zn].S=C(S)[NH][Zn].[Cu]. The Morgan fingerprint density at radius 3 is 1.09 bits per heavy atom. The molecule has 0 aliphatic rings. The zero-order chi connectivity index (χ0) is 8.57. The van der Waals surface area contributed by atoms with Crippen molar-refractivity contribution in [3.8, 4) is 0 Å². The predicted octanol–water partition coefficient (Wildman–Crippen LogP) is 0.503. The van der Waals surface area contributed by atoms with E-state index in [1.807, 2.05) is 0 Å². The maximum atomic E-state index is 4.48. The van der Waals surface area contributed by atoms with Crippen LogP contribution in [0.3, 0.4) is 0 Å². The van der Waals surface area contributed by atoms with Crippen LogP contribution >= 0.6 is 49.7 Å². The van der Waals surface area contributed by atoms with Crippen molar-refractivity contribution < 1.29 is 54.1 Å². The maximum absolute atomic E-state index is 4.48. The van der Waals surface area contributed by atoms with Crippen molar-refractivity contribution in [2.24, 2.45) is 0 Å². The van der Waals surface area contributed by atoms with Crippen molar-refractivity contribution in [2.45, 2.75) is 0 Å². The van der Waals surface area contributed by atoms with Gasteiger partial charge in [0.15, 0.2) is 0 Å². The zero-order valence-electron chi connectivity index (χ0n) is 5.43. The molecule has 2 nitrogen and oxygen atoms in total. The minimum Gasteiger partial charge on any atom is 0 e. The first kappa shape index (κ1) is 18.9. The van der Waals surface area contributed by atoms with E-state index < -0.39 is 0 Å². The molecule has 0 aliphatic heterocycles. The Bertz CT molecular complexity index is 109. The van der Waals surface area contributed by atoms with Gasteiger partial charge in [0.2, 0.25) is 0 Å². The van der Waals surface area contributed by atoms with Crippen LogP contribution in [0.2, 0.25) is 0 Å². The Kier molecular flexibility index (Phi) is 25.4. The number of hydrogen-bond donors (Lipinski definition) is 4. The molecule has 9 heteroatoms. The monoisotopic (exact) mass is 375 g/mol. The van der Waals surface area contributed by atoms with Gasteiger partial charge >= 0.3 is 104 Å². The van der Waals surface area contributed by atoms with Crippen LogP contribution in [0.5, 0.6) is 0 Å². The van der Waals surface area contributed by atoms with Crippen molar-refractivity contribution in [1.29, 1.82) is 0 Å². The van der Waals surface area contributed by atoms with E-state index in [1.165, 1.54) is 0 Å². The van der Waals surface area contributed by atoms with Crippen molar-refractivity contribution in [3.63, 3.8) is 0 Å². The summed E-state index contributed by atoms with van der Waals surface area (Å²) in [5.74, 6) is 0. The normalized spacial score (nSPS) is 6.36. The van der Waals surface area contributed by atoms with Gasteiger partial charge in [-0.2, -0.15) is 0 Å². The average Bonchev–Trinajstić information content (AvgIpc) is 1.89. The molecule has 0 unspecified atom stereocenters.